The number of hydrogen-bond donors (Lipinski definition) is 1. The normalized spacial score (nSPS) is 17.1. The second-order valence-corrected chi connectivity index (χ2v) is 7.68. The van der Waals surface area contributed by atoms with Gasteiger partial charge in [0.2, 0.25) is 5.91 Å². The lowest BCUT2D eigenvalue weighted by atomic mass is 9.97. The highest BCUT2D eigenvalue weighted by Crippen LogP contribution is 2.18. The van der Waals surface area contributed by atoms with Gasteiger partial charge >= 0.3 is 0 Å². The topological polar surface area (TPSA) is 49.4 Å². The van der Waals surface area contributed by atoms with Gasteiger partial charge in [0.1, 0.15) is 5.82 Å². The molecule has 1 saturated heterocycles. The highest BCUT2D eigenvalue weighted by atomic mass is 32.1. The van der Waals surface area contributed by atoms with Crippen LogP contribution in [0.2, 0.25) is 0 Å². The van der Waals surface area contributed by atoms with Crippen molar-refractivity contribution >= 4 is 23.2 Å². The standard InChI is InChI=1S/C20H23FN2O2S/c21-17-7-5-16(6-8-17)20(25)22-13-15-3-1-11-23(14-15)19(24)10-9-18-4-2-12-26-18/h2,4-8,12,15H,1,3,9-11,13-14H2,(H,22,25). The number of amides is 2. The third kappa shape index (κ3) is 5.14. The number of benzene rings is 1. The fourth-order valence-corrected chi connectivity index (χ4v) is 3.95. The molecule has 1 aromatic heterocycles. The summed E-state index contributed by atoms with van der Waals surface area (Å²) in [4.78, 5) is 27.7. The van der Waals surface area contributed by atoms with E-state index in [0.29, 0.717) is 25.1 Å². The molecule has 0 spiro atoms. The van der Waals surface area contributed by atoms with Crippen LogP contribution in [-0.4, -0.2) is 36.3 Å². The minimum absolute atomic E-state index is 0.188. The summed E-state index contributed by atoms with van der Waals surface area (Å²) < 4.78 is 12.9. The number of likely N-dealkylation sites (tertiary alicyclic amines) is 1. The Morgan fingerprint density at radius 1 is 1.23 bits per heavy atom. The lowest BCUT2D eigenvalue weighted by Crippen LogP contribution is -2.43. The van der Waals surface area contributed by atoms with Gasteiger partial charge in [0.05, 0.1) is 0 Å². The van der Waals surface area contributed by atoms with E-state index >= 15 is 0 Å². The van der Waals surface area contributed by atoms with Crippen LogP contribution >= 0.6 is 11.3 Å². The quantitative estimate of drug-likeness (QED) is 0.841. The van der Waals surface area contributed by atoms with Crippen LogP contribution < -0.4 is 5.32 Å². The number of halogens is 1. The van der Waals surface area contributed by atoms with Crippen LogP contribution in [0.4, 0.5) is 4.39 Å². The summed E-state index contributed by atoms with van der Waals surface area (Å²) in [5.41, 5.74) is 0.450. The molecular weight excluding hydrogens is 351 g/mol. The van der Waals surface area contributed by atoms with E-state index in [4.69, 9.17) is 0 Å². The van der Waals surface area contributed by atoms with Crippen molar-refractivity contribution in [2.45, 2.75) is 25.7 Å². The Hall–Kier alpha value is -2.21. The molecule has 1 aromatic carbocycles. The van der Waals surface area contributed by atoms with E-state index in [2.05, 4.69) is 11.4 Å². The van der Waals surface area contributed by atoms with Crippen molar-refractivity contribution < 1.29 is 14.0 Å². The first-order chi connectivity index (χ1) is 12.6. The van der Waals surface area contributed by atoms with Crippen molar-refractivity contribution in [1.29, 1.82) is 0 Å². The van der Waals surface area contributed by atoms with Gasteiger partial charge in [0, 0.05) is 36.5 Å². The zero-order valence-electron chi connectivity index (χ0n) is 14.6. The first kappa shape index (κ1) is 18.6. The zero-order chi connectivity index (χ0) is 18.4. The number of carbonyl (C=O) groups excluding carboxylic acids is 2. The molecule has 2 aromatic rings. The molecule has 1 N–H and O–H groups in total. The molecule has 4 nitrogen and oxygen atoms in total. The molecule has 3 rings (SSSR count). The van der Waals surface area contributed by atoms with Gasteiger partial charge in [0.15, 0.2) is 0 Å². The number of hydrogen-bond acceptors (Lipinski definition) is 3. The lowest BCUT2D eigenvalue weighted by Gasteiger charge is -2.33. The van der Waals surface area contributed by atoms with Crippen molar-refractivity contribution in [3.05, 3.63) is 58.0 Å². The fourth-order valence-electron chi connectivity index (χ4n) is 3.24. The third-order valence-electron chi connectivity index (χ3n) is 4.69. The average molecular weight is 374 g/mol. The van der Waals surface area contributed by atoms with Crippen LogP contribution in [-0.2, 0) is 11.2 Å². The average Bonchev–Trinajstić information content (AvgIpc) is 3.18. The number of nitrogens with one attached hydrogen (secondary N) is 1. The van der Waals surface area contributed by atoms with Crippen molar-refractivity contribution in [3.8, 4) is 0 Å². The molecule has 1 aliphatic rings. The molecule has 2 amide bonds. The van der Waals surface area contributed by atoms with Crippen LogP contribution in [0, 0.1) is 11.7 Å². The molecule has 138 valence electrons. The minimum atomic E-state index is -0.356. The Kier molecular flexibility index (Phi) is 6.39. The van der Waals surface area contributed by atoms with Gasteiger partial charge in [-0.1, -0.05) is 6.07 Å². The molecule has 1 fully saturated rings. The van der Waals surface area contributed by atoms with Gasteiger partial charge in [-0.3, -0.25) is 9.59 Å². The Morgan fingerprint density at radius 3 is 2.77 bits per heavy atom. The summed E-state index contributed by atoms with van der Waals surface area (Å²) in [6.07, 6.45) is 3.29. The van der Waals surface area contributed by atoms with Crippen LogP contribution in [0.25, 0.3) is 0 Å². The molecule has 2 heterocycles. The van der Waals surface area contributed by atoms with Crippen LogP contribution in [0.3, 0.4) is 0 Å². The lowest BCUT2D eigenvalue weighted by molar-refractivity contribution is -0.132. The SMILES string of the molecule is O=C(NCC1CCCN(C(=O)CCc2cccs2)C1)c1ccc(F)cc1. The molecule has 1 aliphatic heterocycles. The maximum atomic E-state index is 12.9. The van der Waals surface area contributed by atoms with Gasteiger partial charge in [-0.2, -0.15) is 0 Å². The predicted octanol–water partition coefficient (Wildman–Crippen LogP) is 3.49. The molecule has 0 radical (unpaired) electrons. The van der Waals surface area contributed by atoms with E-state index in [1.54, 1.807) is 11.3 Å². The monoisotopic (exact) mass is 374 g/mol. The van der Waals surface area contributed by atoms with E-state index in [0.717, 1.165) is 25.8 Å². The van der Waals surface area contributed by atoms with Crippen LogP contribution in [0.1, 0.15) is 34.5 Å². The van der Waals surface area contributed by atoms with E-state index in [1.807, 2.05) is 16.3 Å². The molecule has 6 heteroatoms. The molecule has 26 heavy (non-hydrogen) atoms. The van der Waals surface area contributed by atoms with Gasteiger partial charge in [-0.05, 0) is 60.9 Å². The summed E-state index contributed by atoms with van der Waals surface area (Å²) >= 11 is 1.68. The Labute approximate surface area is 157 Å². The third-order valence-corrected chi connectivity index (χ3v) is 5.63. The Morgan fingerprint density at radius 2 is 2.04 bits per heavy atom. The van der Waals surface area contributed by atoms with Gasteiger partial charge in [-0.25, -0.2) is 4.39 Å². The van der Waals surface area contributed by atoms with E-state index in [-0.39, 0.29) is 23.5 Å². The number of carbonyl (C=O) groups is 2. The van der Waals surface area contributed by atoms with Gasteiger partial charge < -0.3 is 10.2 Å². The van der Waals surface area contributed by atoms with Crippen molar-refractivity contribution in [2.75, 3.05) is 19.6 Å². The molecular formula is C20H23FN2O2S. The number of thiophene rings is 1. The summed E-state index contributed by atoms with van der Waals surface area (Å²) in [7, 11) is 0. The van der Waals surface area contributed by atoms with E-state index in [9.17, 15) is 14.0 Å². The molecule has 0 aliphatic carbocycles. The number of rotatable bonds is 6. The van der Waals surface area contributed by atoms with E-state index in [1.165, 1.54) is 29.1 Å². The smallest absolute Gasteiger partial charge is 0.251 e. The maximum Gasteiger partial charge on any atom is 0.251 e. The molecule has 1 unspecified atom stereocenters. The van der Waals surface area contributed by atoms with Crippen molar-refractivity contribution in [1.82, 2.24) is 10.2 Å². The fraction of sp³-hybridized carbons (Fsp3) is 0.400. The Bertz CT molecular complexity index is 731. The number of aryl methyl sites for hydroxylation is 1. The van der Waals surface area contributed by atoms with E-state index < -0.39 is 0 Å². The highest BCUT2D eigenvalue weighted by Gasteiger charge is 2.24. The minimum Gasteiger partial charge on any atom is -0.352 e. The summed E-state index contributed by atoms with van der Waals surface area (Å²) in [6.45, 7) is 2.02. The van der Waals surface area contributed by atoms with Gasteiger partial charge in [-0.15, -0.1) is 11.3 Å². The largest absolute Gasteiger partial charge is 0.352 e. The second-order valence-electron chi connectivity index (χ2n) is 6.64. The summed E-state index contributed by atoms with van der Waals surface area (Å²) in [5.74, 6) is -0.108. The maximum absolute atomic E-state index is 12.9. The molecule has 0 saturated carbocycles. The second kappa shape index (κ2) is 8.94. The highest BCUT2D eigenvalue weighted by molar-refractivity contribution is 7.09. The first-order valence-corrected chi connectivity index (χ1v) is 9.83. The van der Waals surface area contributed by atoms with Crippen LogP contribution in [0.15, 0.2) is 41.8 Å². The first-order valence-electron chi connectivity index (χ1n) is 8.96. The summed E-state index contributed by atoms with van der Waals surface area (Å²) in [6, 6.07) is 9.58. The Balaban J connectivity index is 1.44. The van der Waals surface area contributed by atoms with Crippen molar-refractivity contribution in [2.24, 2.45) is 5.92 Å². The number of nitrogens with zero attached hydrogens (tertiary/aromatic N) is 1. The predicted molar refractivity (Wildman–Crippen MR) is 101 cm³/mol. The number of piperidine rings is 1. The van der Waals surface area contributed by atoms with Gasteiger partial charge in [0.25, 0.3) is 5.91 Å². The summed E-state index contributed by atoms with van der Waals surface area (Å²) in [5, 5.41) is 4.93. The zero-order valence-corrected chi connectivity index (χ0v) is 15.4. The van der Waals surface area contributed by atoms with Crippen LogP contribution in [0.5, 0.6) is 0 Å². The molecule has 1 atom stereocenters. The molecule has 0 bridgehead atoms. The van der Waals surface area contributed by atoms with Crippen molar-refractivity contribution in [3.63, 3.8) is 0 Å².